The number of hydrogen-bond acceptors (Lipinski definition) is 10. The van der Waals surface area contributed by atoms with Crippen LogP contribution in [0.25, 0.3) is 10.8 Å². The number of likely N-dealkylation sites (N-methyl/N-ethyl adjacent to an activating group) is 1. The zero-order valence-corrected chi connectivity index (χ0v) is 33.0. The lowest BCUT2D eigenvalue weighted by Crippen LogP contribution is -2.60. The van der Waals surface area contributed by atoms with Crippen LogP contribution < -0.4 is 25.7 Å². The standard InChI is InChI=1S/C38H51N7O9S/c1-7-45-33(48)27-15-11-10-14-26(27)32(41-45)54-25-19-28-30(46)40-38(36(51)42-55(52,53)37(4)16-17-37)20-24(38)13-9-8-12-22(2)18-23(3)29(34(49)44(28)21-25)39-31(47)35(50)43(5)6/h9-11,13-15,22-25,28-29H,7-8,12,16-21H2,1-6H3,(H,39,47)(H,40,46)(H,42,51). The Morgan fingerprint density at radius 3 is 2.42 bits per heavy atom. The molecule has 55 heavy (non-hydrogen) atoms. The Balaban J connectivity index is 1.38. The van der Waals surface area contributed by atoms with E-state index in [1.165, 1.54) is 23.7 Å². The third-order valence-electron chi connectivity index (χ3n) is 11.5. The Labute approximate surface area is 320 Å². The summed E-state index contributed by atoms with van der Waals surface area (Å²) in [5, 5.41) is 10.8. The van der Waals surface area contributed by atoms with Crippen LogP contribution in [0.2, 0.25) is 0 Å². The Morgan fingerprint density at radius 1 is 1.07 bits per heavy atom. The maximum Gasteiger partial charge on any atom is 0.311 e. The van der Waals surface area contributed by atoms with Crippen LogP contribution in [0.3, 0.4) is 0 Å². The zero-order valence-electron chi connectivity index (χ0n) is 32.2. The van der Waals surface area contributed by atoms with Gasteiger partial charge in [0.1, 0.15) is 23.7 Å². The van der Waals surface area contributed by atoms with Gasteiger partial charge in [0.25, 0.3) is 11.5 Å². The van der Waals surface area contributed by atoms with E-state index in [4.69, 9.17) is 4.74 Å². The summed E-state index contributed by atoms with van der Waals surface area (Å²) in [6.45, 7) is 7.29. The van der Waals surface area contributed by atoms with Crippen molar-refractivity contribution in [1.82, 2.24) is 34.9 Å². The minimum atomic E-state index is -4.03. The molecule has 3 N–H and O–H groups in total. The van der Waals surface area contributed by atoms with Crippen LogP contribution in [-0.4, -0.2) is 107 Å². The van der Waals surface area contributed by atoms with Crippen LogP contribution in [0, 0.1) is 17.8 Å². The van der Waals surface area contributed by atoms with Crippen molar-refractivity contribution < 1.29 is 37.1 Å². The predicted octanol–water partition coefficient (Wildman–Crippen LogP) is 1.22. The van der Waals surface area contributed by atoms with E-state index in [1.807, 2.05) is 26.0 Å². The summed E-state index contributed by atoms with van der Waals surface area (Å²) >= 11 is 0. The number of benzene rings is 1. The number of carbonyl (C=O) groups excluding carboxylic acids is 5. The average molecular weight is 782 g/mol. The fraction of sp³-hybridized carbons (Fsp3) is 0.605. The third kappa shape index (κ3) is 7.85. The minimum absolute atomic E-state index is 0.0600. The van der Waals surface area contributed by atoms with Gasteiger partial charge in [0.05, 0.1) is 22.1 Å². The van der Waals surface area contributed by atoms with Crippen molar-refractivity contribution in [3.63, 3.8) is 0 Å². The van der Waals surface area contributed by atoms with E-state index >= 15 is 0 Å². The van der Waals surface area contributed by atoms with Gasteiger partial charge in [-0.05, 0) is 76.3 Å². The molecule has 298 valence electrons. The second kappa shape index (κ2) is 15.0. The highest BCUT2D eigenvalue weighted by molar-refractivity contribution is 7.91. The van der Waals surface area contributed by atoms with E-state index in [2.05, 4.69) is 20.5 Å². The smallest absolute Gasteiger partial charge is 0.311 e. The fourth-order valence-electron chi connectivity index (χ4n) is 7.67. The van der Waals surface area contributed by atoms with Gasteiger partial charge < -0.3 is 25.2 Å². The van der Waals surface area contributed by atoms with Crippen LogP contribution in [0.15, 0.2) is 41.2 Å². The number of aromatic nitrogens is 2. The van der Waals surface area contributed by atoms with Crippen LogP contribution in [0.1, 0.15) is 72.6 Å². The number of amides is 5. The second-order valence-electron chi connectivity index (χ2n) is 16.1. The number of hydrogen-bond donors (Lipinski definition) is 3. The highest BCUT2D eigenvalue weighted by Gasteiger charge is 2.63. The number of ether oxygens (including phenoxy) is 1. The number of carbonyl (C=O) groups is 5. The molecule has 1 aromatic carbocycles. The van der Waals surface area contributed by atoms with E-state index in [0.29, 0.717) is 42.9 Å². The van der Waals surface area contributed by atoms with Gasteiger partial charge in [-0.25, -0.2) is 13.1 Å². The molecule has 17 heteroatoms. The van der Waals surface area contributed by atoms with Crippen molar-refractivity contribution in [2.45, 2.75) is 108 Å². The maximum absolute atomic E-state index is 14.7. The van der Waals surface area contributed by atoms with Gasteiger partial charge in [-0.1, -0.05) is 38.1 Å². The zero-order chi connectivity index (χ0) is 40.0. The summed E-state index contributed by atoms with van der Waals surface area (Å²) in [7, 11) is -1.18. The van der Waals surface area contributed by atoms with Crippen LogP contribution in [-0.2, 0) is 40.5 Å². The number of sulfonamides is 1. The average Bonchev–Trinajstić information content (AvgIpc) is 4.02. The number of aryl methyl sites for hydroxylation is 1. The molecule has 0 radical (unpaired) electrons. The monoisotopic (exact) mass is 781 g/mol. The van der Waals surface area contributed by atoms with Crippen molar-refractivity contribution >= 4 is 50.3 Å². The molecule has 0 spiro atoms. The van der Waals surface area contributed by atoms with Crippen molar-refractivity contribution in [2.75, 3.05) is 20.6 Å². The van der Waals surface area contributed by atoms with Crippen molar-refractivity contribution in [3.05, 3.63) is 46.8 Å². The van der Waals surface area contributed by atoms with Gasteiger partial charge in [-0.15, -0.1) is 5.10 Å². The van der Waals surface area contributed by atoms with Gasteiger partial charge in [-0.2, -0.15) is 0 Å². The van der Waals surface area contributed by atoms with E-state index < -0.39 is 79.9 Å². The lowest BCUT2D eigenvalue weighted by molar-refractivity contribution is -0.148. The Kier molecular flexibility index (Phi) is 10.9. The number of allylic oxidation sites excluding steroid dienone is 1. The van der Waals surface area contributed by atoms with Gasteiger partial charge >= 0.3 is 11.8 Å². The summed E-state index contributed by atoms with van der Waals surface area (Å²) in [5.41, 5.74) is -1.89. The summed E-state index contributed by atoms with van der Waals surface area (Å²) in [6, 6.07) is 4.38. The minimum Gasteiger partial charge on any atom is -0.471 e. The molecular formula is C38H51N7O9S. The maximum atomic E-state index is 14.7. The molecule has 2 saturated carbocycles. The van der Waals surface area contributed by atoms with Crippen molar-refractivity contribution in [1.29, 1.82) is 0 Å². The van der Waals surface area contributed by atoms with E-state index in [0.717, 1.165) is 4.90 Å². The first-order valence-corrected chi connectivity index (χ1v) is 20.4. The third-order valence-corrected chi connectivity index (χ3v) is 13.7. The number of nitrogens with zero attached hydrogens (tertiary/aromatic N) is 4. The largest absolute Gasteiger partial charge is 0.471 e. The number of rotatable bonds is 7. The van der Waals surface area contributed by atoms with E-state index in [1.54, 1.807) is 38.1 Å². The molecule has 2 aliphatic heterocycles. The quantitative estimate of drug-likeness (QED) is 0.271. The topological polar surface area (TPSA) is 206 Å². The van der Waals surface area contributed by atoms with E-state index in [9.17, 15) is 37.2 Å². The molecule has 6 rings (SSSR count). The Morgan fingerprint density at radius 2 is 1.76 bits per heavy atom. The first-order valence-electron chi connectivity index (χ1n) is 19.0. The highest BCUT2D eigenvalue weighted by atomic mass is 32.2. The molecule has 1 saturated heterocycles. The fourth-order valence-corrected chi connectivity index (χ4v) is 8.98. The Bertz CT molecular complexity index is 2100. The van der Waals surface area contributed by atoms with Crippen molar-refractivity contribution in [2.24, 2.45) is 17.8 Å². The van der Waals surface area contributed by atoms with Gasteiger partial charge in [0, 0.05) is 33.0 Å². The summed E-state index contributed by atoms with van der Waals surface area (Å²) in [5.74, 6) is -4.74. The molecule has 7 unspecified atom stereocenters. The summed E-state index contributed by atoms with van der Waals surface area (Å²) in [4.78, 5) is 84.4. The molecule has 7 atom stereocenters. The summed E-state index contributed by atoms with van der Waals surface area (Å²) < 4.78 is 35.2. The molecule has 3 fully saturated rings. The van der Waals surface area contributed by atoms with Gasteiger partial charge in [-0.3, -0.25) is 33.5 Å². The van der Waals surface area contributed by atoms with E-state index in [-0.39, 0.29) is 43.3 Å². The predicted molar refractivity (Wildman–Crippen MR) is 202 cm³/mol. The van der Waals surface area contributed by atoms with Crippen LogP contribution in [0.5, 0.6) is 5.88 Å². The van der Waals surface area contributed by atoms with Crippen LogP contribution >= 0.6 is 0 Å². The molecule has 2 aliphatic carbocycles. The number of fused-ring (bicyclic) bond motifs is 3. The molecular weight excluding hydrogens is 731 g/mol. The lowest BCUT2D eigenvalue weighted by Gasteiger charge is -2.33. The molecule has 16 nitrogen and oxygen atoms in total. The lowest BCUT2D eigenvalue weighted by atomic mass is 9.87. The molecule has 1 aromatic heterocycles. The van der Waals surface area contributed by atoms with Crippen LogP contribution in [0.4, 0.5) is 0 Å². The van der Waals surface area contributed by atoms with Gasteiger partial charge in [0.2, 0.25) is 27.7 Å². The highest BCUT2D eigenvalue weighted by Crippen LogP contribution is 2.47. The van der Waals surface area contributed by atoms with Gasteiger partial charge in [0.15, 0.2) is 0 Å². The second-order valence-corrected chi connectivity index (χ2v) is 18.3. The van der Waals surface area contributed by atoms with Crippen molar-refractivity contribution in [3.8, 4) is 5.88 Å². The molecule has 2 aromatic rings. The number of nitrogens with one attached hydrogen (secondary N) is 3. The summed E-state index contributed by atoms with van der Waals surface area (Å²) in [6.07, 6.45) is 5.67. The molecule has 3 heterocycles. The molecule has 0 bridgehead atoms. The first-order chi connectivity index (χ1) is 25.9. The Hall–Kier alpha value is -4.80. The normalized spacial score (nSPS) is 29.2. The SMILES string of the molecule is CCn1nc(OC2CC3C(=O)NC4(C(=O)NS(=O)(=O)C5(C)CC5)CC4C=CCCC(C)CC(C)C(NC(=O)C(=O)N(C)C)C(=O)N3C2)c2ccccc2c1=O. The first kappa shape index (κ1) is 39.9. The molecule has 4 aliphatic rings. The molecule has 5 amide bonds.